The molecule has 8 aromatic carbocycles. The van der Waals surface area contributed by atoms with Crippen molar-refractivity contribution < 1.29 is 4.42 Å². The Labute approximate surface area is 321 Å². The number of aromatic nitrogens is 1. The molecule has 0 fully saturated rings. The number of hydrogen-bond donors (Lipinski definition) is 1. The molecule has 1 N–H and O–H groups in total. The van der Waals surface area contributed by atoms with Gasteiger partial charge in [0, 0.05) is 44.0 Å². The van der Waals surface area contributed by atoms with E-state index in [0.717, 1.165) is 45.7 Å². The maximum Gasteiger partial charge on any atom is 0.247 e. The van der Waals surface area contributed by atoms with Crippen molar-refractivity contribution in [2.45, 2.75) is 32.6 Å². The molecule has 0 spiro atoms. The number of aryl methyl sites for hydroxylation is 1. The second-order valence-electron chi connectivity index (χ2n) is 14.9. The molecule has 0 saturated heterocycles. The highest BCUT2D eigenvalue weighted by Crippen LogP contribution is 2.46. The molecule has 4 heteroatoms. The smallest absolute Gasteiger partial charge is 0.247 e. The topological polar surface area (TPSA) is 30.1 Å². The summed E-state index contributed by atoms with van der Waals surface area (Å²) in [5, 5.41) is 12.4. The van der Waals surface area contributed by atoms with Crippen molar-refractivity contribution in [2.75, 3.05) is 5.32 Å². The van der Waals surface area contributed by atoms with Crippen LogP contribution in [0.15, 0.2) is 162 Å². The number of unbranched alkanes of at least 4 members (excludes halogenated alkanes) is 2. The van der Waals surface area contributed by atoms with Crippen LogP contribution in [0.25, 0.3) is 82.3 Å². The van der Waals surface area contributed by atoms with Gasteiger partial charge in [-0.3, -0.25) is 0 Å². The van der Waals surface area contributed by atoms with Gasteiger partial charge in [-0.15, -0.1) is 0 Å². The number of anilines is 2. The molecule has 0 saturated carbocycles. The van der Waals surface area contributed by atoms with E-state index in [1.54, 1.807) is 0 Å². The summed E-state index contributed by atoms with van der Waals surface area (Å²) in [6, 6.07) is 57.4. The van der Waals surface area contributed by atoms with Gasteiger partial charge in [0.05, 0.1) is 16.9 Å². The molecule has 2 aromatic heterocycles. The SMILES string of the molecule is CCCCCc1ccc(Nc2ccccc2-c2c3c4c(c5ccccc25)c2ccc5ccccc5c2n4-c2c(oc4ccc(-c5ccccc5)cc24)[B]3)cc1. The lowest BCUT2D eigenvalue weighted by Crippen LogP contribution is -2.36. The number of fused-ring (bicyclic) bond motifs is 11. The molecule has 3 nitrogen and oxygen atoms in total. The summed E-state index contributed by atoms with van der Waals surface area (Å²) in [6.07, 6.45) is 4.86. The summed E-state index contributed by atoms with van der Waals surface area (Å²) in [7, 11) is 2.31. The Kier molecular flexibility index (Phi) is 7.45. The Bertz CT molecular complexity index is 3100. The first kappa shape index (κ1) is 32.0. The third kappa shape index (κ3) is 5.05. The Morgan fingerprint density at radius 1 is 0.600 bits per heavy atom. The van der Waals surface area contributed by atoms with Crippen LogP contribution < -0.4 is 16.4 Å². The Hall–Kier alpha value is -6.52. The average Bonchev–Trinajstić information content (AvgIpc) is 3.78. The Morgan fingerprint density at radius 3 is 2.22 bits per heavy atom. The maximum atomic E-state index is 6.88. The van der Waals surface area contributed by atoms with Gasteiger partial charge in [0.15, 0.2) is 0 Å². The molecule has 0 unspecified atom stereocenters. The molecule has 261 valence electrons. The highest BCUT2D eigenvalue weighted by molar-refractivity contribution is 6.74. The number of benzene rings is 8. The number of hydrogen-bond acceptors (Lipinski definition) is 2. The highest BCUT2D eigenvalue weighted by atomic mass is 16.3. The van der Waals surface area contributed by atoms with Crippen LogP contribution in [0.2, 0.25) is 0 Å². The lowest BCUT2D eigenvalue weighted by atomic mass is 9.61. The predicted octanol–water partition coefficient (Wildman–Crippen LogP) is 12.6. The first-order chi connectivity index (χ1) is 27.2. The van der Waals surface area contributed by atoms with E-state index in [2.05, 4.69) is 182 Å². The second-order valence-corrected chi connectivity index (χ2v) is 14.9. The van der Waals surface area contributed by atoms with Crippen LogP contribution in [0.3, 0.4) is 0 Å². The quantitative estimate of drug-likeness (QED) is 0.126. The number of furan rings is 1. The minimum absolute atomic E-state index is 0.875. The molecule has 10 aromatic rings. The fraction of sp³-hybridized carbons (Fsp3) is 0.0980. The molecule has 1 aliphatic heterocycles. The molecule has 55 heavy (non-hydrogen) atoms. The molecule has 0 aliphatic carbocycles. The van der Waals surface area contributed by atoms with Crippen LogP contribution in [0.4, 0.5) is 11.4 Å². The minimum Gasteiger partial charge on any atom is -0.469 e. The van der Waals surface area contributed by atoms with Crippen LogP contribution in [-0.4, -0.2) is 11.8 Å². The normalized spacial score (nSPS) is 12.2. The number of rotatable bonds is 8. The van der Waals surface area contributed by atoms with Gasteiger partial charge in [-0.2, -0.15) is 0 Å². The molecule has 11 rings (SSSR count). The van der Waals surface area contributed by atoms with Gasteiger partial charge in [-0.25, -0.2) is 0 Å². The van der Waals surface area contributed by atoms with Crippen LogP contribution in [0.1, 0.15) is 31.7 Å². The Morgan fingerprint density at radius 2 is 1.36 bits per heavy atom. The second kappa shape index (κ2) is 12.8. The number of nitrogens with zero attached hydrogens (tertiary/aromatic N) is 1. The van der Waals surface area contributed by atoms with E-state index >= 15 is 0 Å². The zero-order valence-electron chi connectivity index (χ0n) is 30.8. The summed E-state index contributed by atoms with van der Waals surface area (Å²) in [6.45, 7) is 2.26. The standard InChI is InChI=1S/C51H38BN2O/c1-2-3-5-14-32-23-27-36(28-24-32)53-43-22-13-12-21-40(43)45-38-19-10-11-20-39(38)46-41-29-25-34-17-8-9-18-37(34)48(41)54-49-42-31-35(33-15-6-4-7-16-33)26-30-44(42)55-51(49)52-47(45)50(46)54/h4,6-13,15-31,53H,2-3,5,14H2,1H3. The van der Waals surface area contributed by atoms with Crippen molar-refractivity contribution in [3.8, 4) is 27.9 Å². The van der Waals surface area contributed by atoms with E-state index in [4.69, 9.17) is 4.42 Å². The molecule has 0 amide bonds. The van der Waals surface area contributed by atoms with Crippen LogP contribution >= 0.6 is 0 Å². The van der Waals surface area contributed by atoms with Crippen LogP contribution in [0, 0.1) is 0 Å². The van der Waals surface area contributed by atoms with E-state index in [1.165, 1.54) is 90.3 Å². The Balaban J connectivity index is 1.20. The molecule has 0 atom stereocenters. The molecule has 1 radical (unpaired) electrons. The van der Waals surface area contributed by atoms with Gasteiger partial charge < -0.3 is 14.3 Å². The van der Waals surface area contributed by atoms with E-state index in [0.29, 0.717) is 0 Å². The van der Waals surface area contributed by atoms with Crippen molar-refractivity contribution in [3.63, 3.8) is 0 Å². The molecular formula is C51H38BN2O. The molecule has 0 bridgehead atoms. The lowest BCUT2D eigenvalue weighted by Gasteiger charge is -2.23. The summed E-state index contributed by atoms with van der Waals surface area (Å²) < 4.78 is 9.41. The summed E-state index contributed by atoms with van der Waals surface area (Å²) in [4.78, 5) is 0. The van der Waals surface area contributed by atoms with Crippen LogP contribution in [-0.2, 0) is 6.42 Å². The zero-order chi connectivity index (χ0) is 36.5. The largest absolute Gasteiger partial charge is 0.469 e. The minimum atomic E-state index is 0.875. The van der Waals surface area contributed by atoms with Crippen molar-refractivity contribution in [2.24, 2.45) is 0 Å². The van der Waals surface area contributed by atoms with E-state index in [1.807, 2.05) is 0 Å². The van der Waals surface area contributed by atoms with Gasteiger partial charge in [0.25, 0.3) is 0 Å². The third-order valence-corrected chi connectivity index (χ3v) is 11.6. The summed E-state index contributed by atoms with van der Waals surface area (Å²) in [5.41, 5.74) is 14.7. The highest BCUT2D eigenvalue weighted by Gasteiger charge is 2.33. The van der Waals surface area contributed by atoms with Gasteiger partial charge in [0.2, 0.25) is 7.28 Å². The monoisotopic (exact) mass is 705 g/mol. The van der Waals surface area contributed by atoms with Gasteiger partial charge in [-0.1, -0.05) is 147 Å². The lowest BCUT2D eigenvalue weighted by molar-refractivity contribution is 0.650. The molecule has 3 heterocycles. The molecule has 1 aliphatic rings. The van der Waals surface area contributed by atoms with E-state index < -0.39 is 0 Å². The van der Waals surface area contributed by atoms with Crippen molar-refractivity contribution >= 4 is 84.1 Å². The summed E-state index contributed by atoms with van der Waals surface area (Å²) in [5.74, 6) is 0. The summed E-state index contributed by atoms with van der Waals surface area (Å²) >= 11 is 0. The van der Waals surface area contributed by atoms with Crippen molar-refractivity contribution in [3.05, 3.63) is 163 Å². The van der Waals surface area contributed by atoms with E-state index in [-0.39, 0.29) is 0 Å². The fourth-order valence-electron chi connectivity index (χ4n) is 9.09. The van der Waals surface area contributed by atoms with Gasteiger partial charge in [-0.05, 0) is 87.0 Å². The first-order valence-electron chi connectivity index (χ1n) is 19.6. The fourth-order valence-corrected chi connectivity index (χ4v) is 9.09. The van der Waals surface area contributed by atoms with Gasteiger partial charge >= 0.3 is 0 Å². The zero-order valence-corrected chi connectivity index (χ0v) is 30.8. The third-order valence-electron chi connectivity index (χ3n) is 11.6. The van der Waals surface area contributed by atoms with Crippen LogP contribution in [0.5, 0.6) is 0 Å². The van der Waals surface area contributed by atoms with Crippen molar-refractivity contribution in [1.82, 2.24) is 4.57 Å². The van der Waals surface area contributed by atoms with E-state index in [9.17, 15) is 0 Å². The first-order valence-corrected chi connectivity index (χ1v) is 19.6. The predicted molar refractivity (Wildman–Crippen MR) is 234 cm³/mol. The average molecular weight is 706 g/mol. The number of para-hydroxylation sites is 1. The molecular weight excluding hydrogens is 667 g/mol. The number of nitrogens with one attached hydrogen (secondary N) is 1. The van der Waals surface area contributed by atoms with Crippen molar-refractivity contribution in [1.29, 1.82) is 0 Å². The maximum absolute atomic E-state index is 6.88. The van der Waals surface area contributed by atoms with Gasteiger partial charge in [0.1, 0.15) is 5.58 Å².